The number of carbonyl (C=O) groups excluding carboxylic acids is 3. The van der Waals surface area contributed by atoms with E-state index in [9.17, 15) is 24.5 Å². The number of benzene rings is 2. The third-order valence-corrected chi connectivity index (χ3v) is 5.26. The molecule has 178 valence electrons. The van der Waals surface area contributed by atoms with E-state index in [2.05, 4.69) is 15.3 Å². The fourth-order valence-corrected chi connectivity index (χ4v) is 3.75. The number of amides is 2. The van der Waals surface area contributed by atoms with Gasteiger partial charge in [0.25, 0.3) is 17.5 Å². The van der Waals surface area contributed by atoms with Crippen LogP contribution in [0.5, 0.6) is 5.75 Å². The van der Waals surface area contributed by atoms with Crippen molar-refractivity contribution >= 4 is 35.1 Å². The topological polar surface area (TPSA) is 145 Å². The van der Waals surface area contributed by atoms with Gasteiger partial charge in [0.1, 0.15) is 11.3 Å². The summed E-state index contributed by atoms with van der Waals surface area (Å²) >= 11 is 0. The van der Waals surface area contributed by atoms with E-state index in [4.69, 9.17) is 4.74 Å². The summed E-state index contributed by atoms with van der Waals surface area (Å²) in [6, 6.07) is 12.5. The predicted octanol–water partition coefficient (Wildman–Crippen LogP) is 3.73. The lowest BCUT2D eigenvalue weighted by molar-refractivity contribution is -0.385. The molecule has 0 radical (unpaired) electrons. The number of anilines is 2. The zero-order chi connectivity index (χ0) is 25.1. The number of hydrogen-bond donors (Lipinski definition) is 1. The highest BCUT2D eigenvalue weighted by Gasteiger charge is 2.40. The molecule has 2 amide bonds. The second-order valence-corrected chi connectivity index (χ2v) is 7.92. The summed E-state index contributed by atoms with van der Waals surface area (Å²) in [7, 11) is 0. The van der Waals surface area contributed by atoms with Crippen molar-refractivity contribution in [1.29, 1.82) is 0 Å². The van der Waals surface area contributed by atoms with Crippen molar-refractivity contribution in [3.05, 3.63) is 81.2 Å². The summed E-state index contributed by atoms with van der Waals surface area (Å²) in [4.78, 5) is 57.3. The first-order valence-corrected chi connectivity index (χ1v) is 10.8. The highest BCUT2D eigenvalue weighted by Crippen LogP contribution is 2.30. The molecular formula is C24H21N5O6. The summed E-state index contributed by atoms with van der Waals surface area (Å²) in [5, 5.41) is 14.3. The molecule has 4 rings (SSSR count). The Hall–Kier alpha value is -4.67. The van der Waals surface area contributed by atoms with E-state index >= 15 is 0 Å². The number of aryl methyl sites for hydroxylation is 2. The fraction of sp³-hybridized carbons (Fsp3) is 0.208. The molecular weight excluding hydrogens is 454 g/mol. The molecule has 2 heterocycles. The maximum atomic E-state index is 12.6. The molecule has 1 aliphatic rings. The van der Waals surface area contributed by atoms with Crippen molar-refractivity contribution in [1.82, 2.24) is 14.9 Å². The van der Waals surface area contributed by atoms with Gasteiger partial charge in [-0.2, -0.15) is 0 Å². The molecule has 35 heavy (non-hydrogen) atoms. The second kappa shape index (κ2) is 9.67. The highest BCUT2D eigenvalue weighted by molar-refractivity contribution is 6.23. The van der Waals surface area contributed by atoms with Gasteiger partial charge in [-0.05, 0) is 56.7 Å². The van der Waals surface area contributed by atoms with E-state index in [-0.39, 0.29) is 30.5 Å². The van der Waals surface area contributed by atoms with Crippen LogP contribution in [-0.4, -0.2) is 44.1 Å². The van der Waals surface area contributed by atoms with Crippen molar-refractivity contribution < 1.29 is 24.0 Å². The third-order valence-electron chi connectivity index (χ3n) is 5.26. The molecule has 0 aliphatic carbocycles. The Morgan fingerprint density at radius 3 is 2.40 bits per heavy atom. The molecule has 1 N–H and O–H groups in total. The monoisotopic (exact) mass is 475 g/mol. The van der Waals surface area contributed by atoms with E-state index in [0.717, 1.165) is 22.0 Å². The Morgan fingerprint density at radius 1 is 1.06 bits per heavy atom. The Labute approximate surface area is 199 Å². The number of carbonyl (C=O) groups is 3. The average Bonchev–Trinajstić information content (AvgIpc) is 3.04. The number of nitro benzene ring substituents is 1. The van der Waals surface area contributed by atoms with Crippen LogP contribution >= 0.6 is 0 Å². The van der Waals surface area contributed by atoms with E-state index in [1.165, 1.54) is 18.2 Å². The lowest BCUT2D eigenvalue weighted by atomic mass is 10.1. The quantitative estimate of drug-likeness (QED) is 0.169. The number of nitrogens with zero attached hydrogens (tertiary/aromatic N) is 4. The van der Waals surface area contributed by atoms with Crippen molar-refractivity contribution in [2.45, 2.75) is 26.7 Å². The Balaban J connectivity index is 1.30. The molecule has 2 aromatic carbocycles. The van der Waals surface area contributed by atoms with Crippen LogP contribution < -0.4 is 10.1 Å². The summed E-state index contributed by atoms with van der Waals surface area (Å²) in [5.74, 6) is -1.09. The largest absolute Gasteiger partial charge is 0.427 e. The molecule has 3 aromatic rings. The normalized spacial score (nSPS) is 12.5. The predicted molar refractivity (Wildman–Crippen MR) is 125 cm³/mol. The standard InChI is InChI=1S/C24H21N5O6/c1-14-13-15(2)26-24(25-14)27-16-8-10-17(11-9-16)35-20(30)7-4-12-28-22(31)18-5-3-6-19(29(33)34)21(18)23(28)32/h3,5-6,8-11,13H,4,7,12H2,1-2H3,(H,25,26,27). The summed E-state index contributed by atoms with van der Waals surface area (Å²) < 4.78 is 5.31. The van der Waals surface area contributed by atoms with E-state index in [1.807, 2.05) is 19.9 Å². The summed E-state index contributed by atoms with van der Waals surface area (Å²) in [6.07, 6.45) is 0.105. The van der Waals surface area contributed by atoms with E-state index < -0.39 is 28.4 Å². The number of fused-ring (bicyclic) bond motifs is 1. The summed E-state index contributed by atoms with van der Waals surface area (Å²) in [5.41, 5.74) is 1.76. The first kappa shape index (κ1) is 23.5. The van der Waals surface area contributed by atoms with Gasteiger partial charge in [0.05, 0.1) is 10.5 Å². The zero-order valence-electron chi connectivity index (χ0n) is 19.0. The van der Waals surface area contributed by atoms with E-state index in [0.29, 0.717) is 11.7 Å². The van der Waals surface area contributed by atoms with Gasteiger partial charge in [-0.25, -0.2) is 9.97 Å². The minimum atomic E-state index is -0.735. The van der Waals surface area contributed by atoms with Gasteiger partial charge in [0, 0.05) is 36.1 Å². The van der Waals surface area contributed by atoms with Crippen molar-refractivity contribution in [2.75, 3.05) is 11.9 Å². The van der Waals surface area contributed by atoms with Crippen LogP contribution in [0.2, 0.25) is 0 Å². The SMILES string of the molecule is Cc1cc(C)nc(Nc2ccc(OC(=O)CCCN3C(=O)c4cccc([N+](=O)[O-])c4C3=O)cc2)n1. The van der Waals surface area contributed by atoms with Crippen LogP contribution in [0.25, 0.3) is 0 Å². The molecule has 1 aliphatic heterocycles. The molecule has 0 spiro atoms. The molecule has 0 saturated heterocycles. The Bertz CT molecular complexity index is 1320. The maximum Gasteiger partial charge on any atom is 0.311 e. The number of imide groups is 1. The lowest BCUT2D eigenvalue weighted by Crippen LogP contribution is -2.31. The smallest absolute Gasteiger partial charge is 0.311 e. The van der Waals surface area contributed by atoms with Crippen LogP contribution in [0.1, 0.15) is 44.9 Å². The number of esters is 1. The third kappa shape index (κ3) is 5.13. The zero-order valence-corrected chi connectivity index (χ0v) is 19.0. The molecule has 0 saturated carbocycles. The van der Waals surface area contributed by atoms with Gasteiger partial charge in [0.2, 0.25) is 5.95 Å². The molecule has 0 atom stereocenters. The number of hydrogen-bond acceptors (Lipinski definition) is 9. The molecule has 0 fully saturated rings. The van der Waals surface area contributed by atoms with Crippen LogP contribution in [0.3, 0.4) is 0 Å². The Morgan fingerprint density at radius 2 is 1.74 bits per heavy atom. The Kier molecular flexibility index (Phi) is 6.49. The first-order valence-electron chi connectivity index (χ1n) is 10.8. The summed E-state index contributed by atoms with van der Waals surface area (Å²) in [6.45, 7) is 3.69. The number of rotatable bonds is 8. The van der Waals surface area contributed by atoms with Gasteiger partial charge in [-0.3, -0.25) is 29.4 Å². The van der Waals surface area contributed by atoms with Gasteiger partial charge in [-0.15, -0.1) is 0 Å². The fourth-order valence-electron chi connectivity index (χ4n) is 3.75. The first-order chi connectivity index (χ1) is 16.7. The van der Waals surface area contributed by atoms with Gasteiger partial charge in [0.15, 0.2) is 0 Å². The minimum absolute atomic E-state index is 0.00769. The number of nitrogens with one attached hydrogen (secondary N) is 1. The minimum Gasteiger partial charge on any atom is -0.427 e. The number of ether oxygens (including phenoxy) is 1. The second-order valence-electron chi connectivity index (χ2n) is 7.92. The van der Waals surface area contributed by atoms with Crippen LogP contribution in [0, 0.1) is 24.0 Å². The van der Waals surface area contributed by atoms with Crippen LogP contribution in [0.4, 0.5) is 17.3 Å². The molecule has 1 aromatic heterocycles. The van der Waals surface area contributed by atoms with Crippen molar-refractivity contribution in [3.63, 3.8) is 0 Å². The van der Waals surface area contributed by atoms with Crippen molar-refractivity contribution in [2.24, 2.45) is 0 Å². The van der Waals surface area contributed by atoms with Crippen molar-refractivity contribution in [3.8, 4) is 5.75 Å². The highest BCUT2D eigenvalue weighted by atomic mass is 16.6. The van der Waals surface area contributed by atoms with Crippen LogP contribution in [0.15, 0.2) is 48.5 Å². The molecule has 0 unspecified atom stereocenters. The van der Waals surface area contributed by atoms with Gasteiger partial charge in [-0.1, -0.05) is 6.07 Å². The molecule has 11 nitrogen and oxygen atoms in total. The molecule has 11 heteroatoms. The van der Waals surface area contributed by atoms with E-state index in [1.54, 1.807) is 24.3 Å². The maximum absolute atomic E-state index is 12.6. The lowest BCUT2D eigenvalue weighted by Gasteiger charge is -2.13. The molecule has 0 bridgehead atoms. The number of nitro groups is 1. The van der Waals surface area contributed by atoms with Gasteiger partial charge >= 0.3 is 5.97 Å². The average molecular weight is 475 g/mol. The number of aromatic nitrogens is 2. The van der Waals surface area contributed by atoms with Crippen LogP contribution in [-0.2, 0) is 4.79 Å². The van der Waals surface area contributed by atoms with Gasteiger partial charge < -0.3 is 10.1 Å².